The van der Waals surface area contributed by atoms with E-state index in [1.54, 1.807) is 6.92 Å². The summed E-state index contributed by atoms with van der Waals surface area (Å²) in [5.41, 5.74) is 5.11. The first-order valence-corrected chi connectivity index (χ1v) is 7.09. The number of hydrogen-bond donors (Lipinski definition) is 1. The lowest BCUT2D eigenvalue weighted by Gasteiger charge is -2.25. The lowest BCUT2D eigenvalue weighted by molar-refractivity contribution is -0.146. The van der Waals surface area contributed by atoms with E-state index in [2.05, 4.69) is 11.8 Å². The Morgan fingerprint density at radius 1 is 1.44 bits per heavy atom. The molecule has 1 aliphatic carbocycles. The van der Waals surface area contributed by atoms with Crippen LogP contribution in [0.25, 0.3) is 0 Å². The Kier molecular flexibility index (Phi) is 6.09. The van der Waals surface area contributed by atoms with E-state index in [1.807, 2.05) is 0 Å². The fourth-order valence-electron chi connectivity index (χ4n) is 2.28. The fourth-order valence-corrected chi connectivity index (χ4v) is 2.28. The van der Waals surface area contributed by atoms with E-state index in [1.165, 1.54) is 32.9 Å². The zero-order chi connectivity index (χ0) is 13.6. The second kappa shape index (κ2) is 7.10. The number of esters is 1. The number of rotatable bonds is 9. The topological polar surface area (TPSA) is 55.6 Å². The molecular weight excluding hydrogens is 228 g/mol. The molecule has 106 valence electrons. The van der Waals surface area contributed by atoms with Crippen LogP contribution < -0.4 is 5.73 Å². The van der Waals surface area contributed by atoms with Gasteiger partial charge < -0.3 is 15.4 Å². The summed E-state index contributed by atoms with van der Waals surface area (Å²) in [4.78, 5) is 14.0. The normalized spacial score (nSPS) is 18.7. The van der Waals surface area contributed by atoms with Gasteiger partial charge in [-0.2, -0.15) is 0 Å². The third-order valence-electron chi connectivity index (χ3n) is 3.58. The molecule has 0 radical (unpaired) electrons. The van der Waals surface area contributed by atoms with Gasteiger partial charge in [-0.25, -0.2) is 0 Å². The Hall–Kier alpha value is -0.610. The predicted octanol–water partition coefficient (Wildman–Crippen LogP) is 1.78. The predicted molar refractivity (Wildman–Crippen MR) is 73.3 cm³/mol. The summed E-state index contributed by atoms with van der Waals surface area (Å²) >= 11 is 0. The van der Waals surface area contributed by atoms with Crippen molar-refractivity contribution in [1.82, 2.24) is 4.90 Å². The molecule has 0 aromatic rings. The van der Waals surface area contributed by atoms with E-state index in [4.69, 9.17) is 10.5 Å². The van der Waals surface area contributed by atoms with Crippen LogP contribution in [-0.4, -0.2) is 43.2 Å². The lowest BCUT2D eigenvalue weighted by atomic mass is 9.97. The van der Waals surface area contributed by atoms with Crippen molar-refractivity contribution in [3.05, 3.63) is 0 Å². The van der Waals surface area contributed by atoms with Crippen LogP contribution in [0.3, 0.4) is 0 Å². The summed E-state index contributed by atoms with van der Waals surface area (Å²) in [5, 5.41) is 0. The van der Waals surface area contributed by atoms with Crippen molar-refractivity contribution in [3.63, 3.8) is 0 Å². The molecule has 1 atom stereocenters. The summed E-state index contributed by atoms with van der Waals surface area (Å²) in [6.45, 7) is 7.36. The first-order chi connectivity index (χ1) is 8.49. The number of carbonyl (C=O) groups excluding carboxylic acids is 1. The molecule has 0 spiro atoms. The average Bonchev–Trinajstić information content (AvgIpc) is 3.11. The molecular formula is C14H28N2O2. The summed E-state index contributed by atoms with van der Waals surface area (Å²) in [5.74, 6) is 0.605. The molecule has 1 unspecified atom stereocenters. The molecule has 4 nitrogen and oxygen atoms in total. The highest BCUT2D eigenvalue weighted by Gasteiger charge is 2.29. The number of nitrogens with zero attached hydrogens (tertiary/aromatic N) is 1. The number of carbonyl (C=O) groups is 1. The van der Waals surface area contributed by atoms with Gasteiger partial charge in [-0.05, 0) is 58.0 Å². The standard InChI is InChI=1S/C14H28N2O2/c1-4-9-16(11-12-6-7-12)10-5-8-14(2,15)13(17)18-3/h12H,4-11,15H2,1-3H3. The molecule has 0 aromatic heterocycles. The average molecular weight is 256 g/mol. The van der Waals surface area contributed by atoms with Crippen molar-refractivity contribution in [2.75, 3.05) is 26.7 Å². The summed E-state index contributed by atoms with van der Waals surface area (Å²) in [7, 11) is 1.39. The number of ether oxygens (including phenoxy) is 1. The minimum Gasteiger partial charge on any atom is -0.468 e. The monoisotopic (exact) mass is 256 g/mol. The molecule has 1 fully saturated rings. The number of nitrogens with two attached hydrogens (primary N) is 1. The number of hydrogen-bond acceptors (Lipinski definition) is 4. The molecule has 0 aromatic carbocycles. The fraction of sp³-hybridized carbons (Fsp3) is 0.929. The van der Waals surface area contributed by atoms with Gasteiger partial charge in [0, 0.05) is 6.54 Å². The van der Waals surface area contributed by atoms with Gasteiger partial charge in [0.1, 0.15) is 5.54 Å². The van der Waals surface area contributed by atoms with Crippen molar-refractivity contribution in [1.29, 1.82) is 0 Å². The quantitative estimate of drug-likeness (QED) is 0.639. The van der Waals surface area contributed by atoms with Crippen LogP contribution in [0.5, 0.6) is 0 Å². The van der Waals surface area contributed by atoms with E-state index in [0.29, 0.717) is 6.42 Å². The van der Waals surface area contributed by atoms with E-state index >= 15 is 0 Å². The molecule has 2 N–H and O–H groups in total. The van der Waals surface area contributed by atoms with Gasteiger partial charge in [0.15, 0.2) is 0 Å². The lowest BCUT2D eigenvalue weighted by Crippen LogP contribution is -2.46. The van der Waals surface area contributed by atoms with Gasteiger partial charge in [0.05, 0.1) is 7.11 Å². The molecule has 0 saturated heterocycles. The highest BCUT2D eigenvalue weighted by molar-refractivity contribution is 5.79. The van der Waals surface area contributed by atoms with Gasteiger partial charge in [-0.1, -0.05) is 6.92 Å². The molecule has 18 heavy (non-hydrogen) atoms. The van der Waals surface area contributed by atoms with E-state index in [-0.39, 0.29) is 5.97 Å². The maximum absolute atomic E-state index is 11.5. The third kappa shape index (κ3) is 5.36. The van der Waals surface area contributed by atoms with Crippen molar-refractivity contribution in [3.8, 4) is 0 Å². The molecule has 1 aliphatic rings. The largest absolute Gasteiger partial charge is 0.468 e. The number of methoxy groups -OCH3 is 1. The van der Waals surface area contributed by atoms with E-state index in [0.717, 1.165) is 25.4 Å². The molecule has 0 aliphatic heterocycles. The Bertz CT molecular complexity index is 263. The van der Waals surface area contributed by atoms with Crippen LogP contribution in [0.2, 0.25) is 0 Å². The van der Waals surface area contributed by atoms with Crippen LogP contribution in [0.1, 0.15) is 46.0 Å². The van der Waals surface area contributed by atoms with Crippen molar-refractivity contribution in [2.24, 2.45) is 11.7 Å². The van der Waals surface area contributed by atoms with Gasteiger partial charge in [0.25, 0.3) is 0 Å². The van der Waals surface area contributed by atoms with Crippen LogP contribution in [0, 0.1) is 5.92 Å². The molecule has 0 bridgehead atoms. The second-order valence-electron chi connectivity index (χ2n) is 5.76. The maximum atomic E-state index is 11.5. The minimum absolute atomic E-state index is 0.313. The Morgan fingerprint density at radius 3 is 2.61 bits per heavy atom. The van der Waals surface area contributed by atoms with E-state index < -0.39 is 5.54 Å². The van der Waals surface area contributed by atoms with Crippen molar-refractivity contribution < 1.29 is 9.53 Å². The van der Waals surface area contributed by atoms with Gasteiger partial charge in [-0.15, -0.1) is 0 Å². The van der Waals surface area contributed by atoms with Crippen molar-refractivity contribution >= 4 is 5.97 Å². The van der Waals surface area contributed by atoms with Gasteiger partial charge in [-0.3, -0.25) is 4.79 Å². The minimum atomic E-state index is -0.841. The smallest absolute Gasteiger partial charge is 0.325 e. The molecule has 0 amide bonds. The molecule has 0 heterocycles. The molecule has 1 saturated carbocycles. The third-order valence-corrected chi connectivity index (χ3v) is 3.58. The van der Waals surface area contributed by atoms with Crippen molar-refractivity contribution in [2.45, 2.75) is 51.5 Å². The highest BCUT2D eigenvalue weighted by Crippen LogP contribution is 2.29. The van der Waals surface area contributed by atoms with Gasteiger partial charge in [0.2, 0.25) is 0 Å². The Morgan fingerprint density at radius 2 is 2.11 bits per heavy atom. The summed E-state index contributed by atoms with van der Waals surface area (Å²) in [6, 6.07) is 0. The Labute approximate surface area is 111 Å². The maximum Gasteiger partial charge on any atom is 0.325 e. The molecule has 4 heteroatoms. The van der Waals surface area contributed by atoms with Gasteiger partial charge >= 0.3 is 5.97 Å². The summed E-state index contributed by atoms with van der Waals surface area (Å²) in [6.07, 6.45) is 5.59. The first-order valence-electron chi connectivity index (χ1n) is 7.09. The first kappa shape index (κ1) is 15.4. The Balaban J connectivity index is 2.26. The highest BCUT2D eigenvalue weighted by atomic mass is 16.5. The van der Waals surface area contributed by atoms with Crippen LogP contribution in [0.15, 0.2) is 0 Å². The van der Waals surface area contributed by atoms with Crippen LogP contribution in [-0.2, 0) is 9.53 Å². The SMILES string of the molecule is CCCN(CCCC(C)(N)C(=O)OC)CC1CC1. The summed E-state index contributed by atoms with van der Waals surface area (Å²) < 4.78 is 4.72. The van der Waals surface area contributed by atoms with E-state index in [9.17, 15) is 4.79 Å². The van der Waals surface area contributed by atoms with Crippen LogP contribution in [0.4, 0.5) is 0 Å². The molecule has 1 rings (SSSR count). The zero-order valence-corrected chi connectivity index (χ0v) is 12.1. The van der Waals surface area contributed by atoms with Crippen LogP contribution >= 0.6 is 0 Å². The second-order valence-corrected chi connectivity index (χ2v) is 5.76. The zero-order valence-electron chi connectivity index (χ0n) is 12.1.